The third-order valence-corrected chi connectivity index (χ3v) is 4.88. The van der Waals surface area contributed by atoms with Gasteiger partial charge in [-0.1, -0.05) is 6.07 Å². The number of hydrogen-bond donors (Lipinski definition) is 2. The van der Waals surface area contributed by atoms with Crippen molar-refractivity contribution in [3.05, 3.63) is 40.5 Å². The molecular formula is C20H22O6. The molecule has 1 aliphatic heterocycles. The zero-order valence-electron chi connectivity index (χ0n) is 15.3. The molecule has 0 bridgehead atoms. The van der Waals surface area contributed by atoms with Crippen LogP contribution in [0.5, 0.6) is 28.7 Å². The van der Waals surface area contributed by atoms with Crippen molar-refractivity contribution in [1.29, 1.82) is 0 Å². The van der Waals surface area contributed by atoms with Crippen molar-refractivity contribution in [2.75, 3.05) is 20.8 Å². The summed E-state index contributed by atoms with van der Waals surface area (Å²) in [4.78, 5) is 13.0. The fraction of sp³-hybridized carbons (Fsp3) is 0.350. The van der Waals surface area contributed by atoms with E-state index in [2.05, 4.69) is 0 Å². The van der Waals surface area contributed by atoms with Crippen LogP contribution in [0.25, 0.3) is 0 Å². The molecule has 0 saturated heterocycles. The van der Waals surface area contributed by atoms with Crippen LogP contribution in [0, 0.1) is 19.8 Å². The lowest BCUT2D eigenvalue weighted by atomic mass is 9.86. The van der Waals surface area contributed by atoms with Gasteiger partial charge in [0.1, 0.15) is 34.3 Å². The van der Waals surface area contributed by atoms with Crippen LogP contribution >= 0.6 is 0 Å². The molecule has 6 nitrogen and oxygen atoms in total. The Hall–Kier alpha value is -2.89. The molecule has 2 N–H and O–H groups in total. The molecule has 0 amide bonds. The molecule has 1 heterocycles. The summed E-state index contributed by atoms with van der Waals surface area (Å²) in [6.07, 6.45) is 0.407. The van der Waals surface area contributed by atoms with Crippen molar-refractivity contribution >= 4 is 5.78 Å². The number of phenolic OH excluding ortho intramolecular Hbond substituents is 2. The molecule has 3 rings (SSSR count). The molecule has 138 valence electrons. The molecule has 0 aliphatic carbocycles. The summed E-state index contributed by atoms with van der Waals surface area (Å²) in [6.45, 7) is 3.41. The van der Waals surface area contributed by atoms with E-state index in [0.29, 0.717) is 23.5 Å². The van der Waals surface area contributed by atoms with Gasteiger partial charge in [0.25, 0.3) is 0 Å². The number of Topliss-reactive ketones (excluding diaryl/α,β-unsaturated/α-hetero) is 1. The number of carbonyl (C=O) groups excluding carboxylic acids is 1. The number of methoxy groups -OCH3 is 2. The predicted octanol–water partition coefficient (Wildman–Crippen LogP) is 3.17. The SMILES string of the molecule is COc1ccc(CC2COc3c(C)c(O)c(C)c(O)c3C2=O)c(OC)c1. The first-order valence-corrected chi connectivity index (χ1v) is 8.32. The van der Waals surface area contributed by atoms with E-state index in [4.69, 9.17) is 14.2 Å². The topological polar surface area (TPSA) is 85.2 Å². The average molecular weight is 358 g/mol. The maximum atomic E-state index is 13.0. The molecule has 2 aromatic carbocycles. The van der Waals surface area contributed by atoms with Crippen LogP contribution in [-0.2, 0) is 6.42 Å². The van der Waals surface area contributed by atoms with Gasteiger partial charge in [0.05, 0.1) is 26.7 Å². The third kappa shape index (κ3) is 2.81. The Bertz CT molecular complexity index is 871. The second kappa shape index (κ2) is 6.78. The Morgan fingerprint density at radius 1 is 1.12 bits per heavy atom. The number of carbonyl (C=O) groups is 1. The van der Waals surface area contributed by atoms with Gasteiger partial charge in [-0.25, -0.2) is 0 Å². The van der Waals surface area contributed by atoms with E-state index in [1.165, 1.54) is 0 Å². The molecule has 2 aromatic rings. The van der Waals surface area contributed by atoms with Crippen molar-refractivity contribution in [2.45, 2.75) is 20.3 Å². The van der Waals surface area contributed by atoms with Crippen LogP contribution in [-0.4, -0.2) is 36.8 Å². The van der Waals surface area contributed by atoms with Gasteiger partial charge < -0.3 is 24.4 Å². The Morgan fingerprint density at radius 2 is 1.85 bits per heavy atom. The number of ketones is 1. The molecule has 1 atom stereocenters. The minimum atomic E-state index is -0.459. The van der Waals surface area contributed by atoms with Gasteiger partial charge >= 0.3 is 0 Å². The predicted molar refractivity (Wildman–Crippen MR) is 95.8 cm³/mol. The number of aromatic hydroxyl groups is 2. The van der Waals surface area contributed by atoms with E-state index >= 15 is 0 Å². The maximum Gasteiger partial charge on any atom is 0.177 e. The second-order valence-electron chi connectivity index (χ2n) is 6.41. The largest absolute Gasteiger partial charge is 0.507 e. The van der Waals surface area contributed by atoms with Crippen molar-refractivity contribution in [2.24, 2.45) is 5.92 Å². The molecule has 1 aliphatic rings. The van der Waals surface area contributed by atoms with Gasteiger partial charge in [-0.15, -0.1) is 0 Å². The summed E-state index contributed by atoms with van der Waals surface area (Å²) in [5, 5.41) is 20.4. The van der Waals surface area contributed by atoms with Gasteiger partial charge in [0.15, 0.2) is 5.78 Å². The minimum Gasteiger partial charge on any atom is -0.507 e. The summed E-state index contributed by atoms with van der Waals surface area (Å²) in [6, 6.07) is 5.43. The lowest BCUT2D eigenvalue weighted by molar-refractivity contribution is 0.0824. The smallest absolute Gasteiger partial charge is 0.177 e. The van der Waals surface area contributed by atoms with Crippen LogP contribution in [0.3, 0.4) is 0 Å². The number of ether oxygens (including phenoxy) is 3. The van der Waals surface area contributed by atoms with Crippen molar-refractivity contribution in [3.8, 4) is 28.7 Å². The Morgan fingerprint density at radius 3 is 2.50 bits per heavy atom. The number of benzene rings is 2. The van der Waals surface area contributed by atoms with E-state index in [0.717, 1.165) is 5.56 Å². The number of hydrogen-bond acceptors (Lipinski definition) is 6. The molecule has 0 saturated carbocycles. The maximum absolute atomic E-state index is 13.0. The number of fused-ring (bicyclic) bond motifs is 1. The van der Waals surface area contributed by atoms with Crippen LogP contribution in [0.15, 0.2) is 18.2 Å². The van der Waals surface area contributed by atoms with Gasteiger partial charge in [0.2, 0.25) is 0 Å². The first-order valence-electron chi connectivity index (χ1n) is 8.32. The number of phenols is 2. The first-order chi connectivity index (χ1) is 12.4. The highest BCUT2D eigenvalue weighted by molar-refractivity contribution is 6.05. The minimum absolute atomic E-state index is 0.0516. The molecule has 0 fully saturated rings. The van der Waals surface area contributed by atoms with E-state index in [1.54, 1.807) is 34.1 Å². The highest BCUT2D eigenvalue weighted by atomic mass is 16.5. The quantitative estimate of drug-likeness (QED) is 0.873. The van der Waals surface area contributed by atoms with Crippen LogP contribution in [0.2, 0.25) is 0 Å². The van der Waals surface area contributed by atoms with Crippen LogP contribution in [0.4, 0.5) is 0 Å². The zero-order chi connectivity index (χ0) is 19.0. The molecule has 26 heavy (non-hydrogen) atoms. The van der Waals surface area contributed by atoms with Crippen LogP contribution in [0.1, 0.15) is 27.0 Å². The summed E-state index contributed by atoms with van der Waals surface area (Å²) in [5.41, 5.74) is 1.73. The summed E-state index contributed by atoms with van der Waals surface area (Å²) < 4.78 is 16.3. The Kier molecular flexibility index (Phi) is 4.68. The lowest BCUT2D eigenvalue weighted by Gasteiger charge is -2.27. The second-order valence-corrected chi connectivity index (χ2v) is 6.41. The summed E-state index contributed by atoms with van der Waals surface area (Å²) >= 11 is 0. The average Bonchev–Trinajstić information content (AvgIpc) is 2.66. The van der Waals surface area contributed by atoms with E-state index in [9.17, 15) is 15.0 Å². The lowest BCUT2D eigenvalue weighted by Crippen LogP contribution is -2.30. The summed E-state index contributed by atoms with van der Waals surface area (Å²) in [5.74, 6) is 0.621. The molecule has 6 heteroatoms. The van der Waals surface area contributed by atoms with E-state index < -0.39 is 5.92 Å². The van der Waals surface area contributed by atoms with E-state index in [-0.39, 0.29) is 40.8 Å². The van der Waals surface area contributed by atoms with Crippen molar-refractivity contribution in [3.63, 3.8) is 0 Å². The van der Waals surface area contributed by atoms with Crippen molar-refractivity contribution in [1.82, 2.24) is 0 Å². The highest BCUT2D eigenvalue weighted by Crippen LogP contribution is 2.45. The molecular weight excluding hydrogens is 336 g/mol. The molecule has 0 radical (unpaired) electrons. The summed E-state index contributed by atoms with van der Waals surface area (Å²) in [7, 11) is 3.14. The van der Waals surface area contributed by atoms with Crippen LogP contribution < -0.4 is 14.2 Å². The molecule has 1 unspecified atom stereocenters. The van der Waals surface area contributed by atoms with Gasteiger partial charge in [-0.05, 0) is 31.9 Å². The monoisotopic (exact) mass is 358 g/mol. The fourth-order valence-corrected chi connectivity index (χ4v) is 3.29. The van der Waals surface area contributed by atoms with E-state index in [1.807, 2.05) is 12.1 Å². The zero-order valence-corrected chi connectivity index (χ0v) is 15.3. The third-order valence-electron chi connectivity index (χ3n) is 4.88. The Balaban J connectivity index is 1.96. The first kappa shape index (κ1) is 17.9. The van der Waals surface area contributed by atoms with Gasteiger partial charge in [-0.2, -0.15) is 0 Å². The highest BCUT2D eigenvalue weighted by Gasteiger charge is 2.35. The normalized spacial score (nSPS) is 16.0. The van der Waals surface area contributed by atoms with Crippen molar-refractivity contribution < 1.29 is 29.2 Å². The van der Waals surface area contributed by atoms with Gasteiger partial charge in [0, 0.05) is 17.2 Å². The molecule has 0 spiro atoms. The van der Waals surface area contributed by atoms with Gasteiger partial charge in [-0.3, -0.25) is 4.79 Å². The standard InChI is InChI=1S/C20H22O6/c1-10-17(21)11(2)20-16(18(10)22)19(23)13(9-26-20)7-12-5-6-14(24-3)8-15(12)25-4/h5-6,8,13,21-22H,7,9H2,1-4H3. The number of rotatable bonds is 4. The Labute approximate surface area is 151 Å². The molecule has 0 aromatic heterocycles. The fourth-order valence-electron chi connectivity index (χ4n) is 3.29.